The first-order valence-corrected chi connectivity index (χ1v) is 7.01. The number of hydrogen-bond donors (Lipinski definition) is 2. The molecule has 0 aromatic heterocycles. The summed E-state index contributed by atoms with van der Waals surface area (Å²) in [5.74, 6) is 0.489. The molecule has 0 spiro atoms. The summed E-state index contributed by atoms with van der Waals surface area (Å²) in [5.41, 5.74) is 0.833. The molecule has 0 radical (unpaired) electrons. The van der Waals surface area contributed by atoms with Crippen molar-refractivity contribution < 1.29 is 14.3 Å². The zero-order valence-corrected chi connectivity index (χ0v) is 12.4. The van der Waals surface area contributed by atoms with Crippen LogP contribution >= 0.6 is 0 Å². The number of hydrogen-bond acceptors (Lipinski definition) is 4. The Morgan fingerprint density at radius 1 is 1.43 bits per heavy atom. The summed E-state index contributed by atoms with van der Waals surface area (Å²) < 4.78 is 5.27. The van der Waals surface area contributed by atoms with Crippen LogP contribution in [0.2, 0.25) is 0 Å². The monoisotopic (exact) mass is 291 g/mol. The number of benzene rings is 1. The number of rotatable bonds is 4. The van der Waals surface area contributed by atoms with Gasteiger partial charge < -0.3 is 20.3 Å². The van der Waals surface area contributed by atoms with Gasteiger partial charge in [-0.25, -0.2) is 0 Å². The summed E-state index contributed by atoms with van der Waals surface area (Å²) in [6.45, 7) is 1.72. The smallest absolute Gasteiger partial charge is 0.243 e. The second kappa shape index (κ2) is 7.08. The highest BCUT2D eigenvalue weighted by Gasteiger charge is 2.31. The van der Waals surface area contributed by atoms with Gasteiger partial charge in [-0.2, -0.15) is 0 Å². The summed E-state index contributed by atoms with van der Waals surface area (Å²) in [4.78, 5) is 26.1. The van der Waals surface area contributed by atoms with E-state index in [9.17, 15) is 9.59 Å². The lowest BCUT2D eigenvalue weighted by atomic mass is 10.1. The van der Waals surface area contributed by atoms with Crippen LogP contribution in [0.5, 0.6) is 5.75 Å². The maximum Gasteiger partial charge on any atom is 0.243 e. The first-order chi connectivity index (χ1) is 10.2. The number of nitrogens with one attached hydrogen (secondary N) is 2. The van der Waals surface area contributed by atoms with Gasteiger partial charge in [0.1, 0.15) is 11.8 Å². The summed E-state index contributed by atoms with van der Waals surface area (Å²) in [6, 6.07) is 6.99. The predicted molar refractivity (Wildman–Crippen MR) is 79.1 cm³/mol. The van der Waals surface area contributed by atoms with Gasteiger partial charge in [0.15, 0.2) is 0 Å². The minimum absolute atomic E-state index is 0.0606. The third-order valence-corrected chi connectivity index (χ3v) is 3.65. The van der Waals surface area contributed by atoms with Gasteiger partial charge in [-0.05, 0) is 6.07 Å². The Hall–Kier alpha value is -2.08. The van der Waals surface area contributed by atoms with Gasteiger partial charge in [-0.3, -0.25) is 9.59 Å². The molecule has 0 saturated carbocycles. The van der Waals surface area contributed by atoms with Gasteiger partial charge in [-0.15, -0.1) is 0 Å². The Labute approximate surface area is 124 Å². The van der Waals surface area contributed by atoms with E-state index >= 15 is 0 Å². The number of amides is 2. The second-order valence-electron chi connectivity index (χ2n) is 4.91. The van der Waals surface area contributed by atoms with Gasteiger partial charge in [0, 0.05) is 32.2 Å². The third kappa shape index (κ3) is 3.52. The van der Waals surface area contributed by atoms with Crippen LogP contribution < -0.4 is 15.4 Å². The first-order valence-electron chi connectivity index (χ1n) is 7.01. The highest BCUT2D eigenvalue weighted by molar-refractivity contribution is 5.89. The molecule has 114 valence electrons. The van der Waals surface area contributed by atoms with E-state index in [1.165, 1.54) is 0 Å². The van der Waals surface area contributed by atoms with E-state index in [-0.39, 0.29) is 18.2 Å². The lowest BCUT2D eigenvalue weighted by Gasteiger charge is -2.35. The average molecular weight is 291 g/mol. The molecule has 1 atom stereocenters. The van der Waals surface area contributed by atoms with E-state index in [0.29, 0.717) is 25.4 Å². The Kier molecular flexibility index (Phi) is 5.16. The predicted octanol–water partition coefficient (Wildman–Crippen LogP) is -0.216. The van der Waals surface area contributed by atoms with Gasteiger partial charge in [0.05, 0.1) is 13.5 Å². The zero-order valence-electron chi connectivity index (χ0n) is 12.4. The van der Waals surface area contributed by atoms with Crippen molar-refractivity contribution in [2.75, 3.05) is 33.8 Å². The maximum absolute atomic E-state index is 12.5. The molecule has 1 aromatic rings. The molecule has 6 heteroatoms. The van der Waals surface area contributed by atoms with Gasteiger partial charge in [0.2, 0.25) is 11.8 Å². The Morgan fingerprint density at radius 3 is 2.90 bits per heavy atom. The lowest BCUT2D eigenvalue weighted by Crippen LogP contribution is -2.59. The summed E-state index contributed by atoms with van der Waals surface area (Å²) in [5, 5.41) is 5.75. The topological polar surface area (TPSA) is 70.7 Å². The summed E-state index contributed by atoms with van der Waals surface area (Å²) in [7, 11) is 3.17. The fourth-order valence-corrected chi connectivity index (χ4v) is 2.52. The molecule has 2 N–H and O–H groups in total. The van der Waals surface area contributed by atoms with Crippen molar-refractivity contribution in [2.45, 2.75) is 12.5 Å². The standard InChI is InChI=1S/C15H21N3O3/c1-16-15(20)12-10-17-7-8-18(12)14(19)9-11-5-3-4-6-13(11)21-2/h3-6,12,17H,7-10H2,1-2H3,(H,16,20). The van der Waals surface area contributed by atoms with Crippen LogP contribution in [0.25, 0.3) is 0 Å². The first kappa shape index (κ1) is 15.3. The molecule has 1 saturated heterocycles. The van der Waals surface area contributed by atoms with E-state index in [1.807, 2.05) is 24.3 Å². The van der Waals surface area contributed by atoms with Crippen molar-refractivity contribution in [3.8, 4) is 5.75 Å². The third-order valence-electron chi connectivity index (χ3n) is 3.65. The fraction of sp³-hybridized carbons (Fsp3) is 0.467. The van der Waals surface area contributed by atoms with Gasteiger partial charge in [-0.1, -0.05) is 18.2 Å². The van der Waals surface area contributed by atoms with Crippen LogP contribution in [0.4, 0.5) is 0 Å². The van der Waals surface area contributed by atoms with E-state index in [2.05, 4.69) is 10.6 Å². The van der Waals surface area contributed by atoms with Crippen molar-refractivity contribution in [3.05, 3.63) is 29.8 Å². The van der Waals surface area contributed by atoms with Crippen molar-refractivity contribution in [3.63, 3.8) is 0 Å². The number of likely N-dealkylation sites (N-methyl/N-ethyl adjacent to an activating group) is 1. The molecule has 1 aliphatic rings. The zero-order chi connectivity index (χ0) is 15.2. The number of carbonyl (C=O) groups is 2. The van der Waals surface area contributed by atoms with Crippen LogP contribution in [-0.2, 0) is 16.0 Å². The highest BCUT2D eigenvalue weighted by atomic mass is 16.5. The molecular formula is C15H21N3O3. The molecule has 0 bridgehead atoms. The fourth-order valence-electron chi connectivity index (χ4n) is 2.52. The molecule has 1 aromatic carbocycles. The normalized spacial score (nSPS) is 18.2. The highest BCUT2D eigenvalue weighted by Crippen LogP contribution is 2.19. The Bertz CT molecular complexity index is 519. The Morgan fingerprint density at radius 2 is 2.19 bits per heavy atom. The number of piperazine rings is 1. The summed E-state index contributed by atoms with van der Waals surface area (Å²) >= 11 is 0. The molecule has 2 rings (SSSR count). The molecule has 1 aliphatic heterocycles. The Balaban J connectivity index is 2.12. The summed E-state index contributed by atoms with van der Waals surface area (Å²) in [6.07, 6.45) is 0.234. The van der Waals surface area contributed by atoms with Crippen LogP contribution in [0.15, 0.2) is 24.3 Å². The van der Waals surface area contributed by atoms with Crippen LogP contribution in [0, 0.1) is 0 Å². The van der Waals surface area contributed by atoms with Crippen molar-refractivity contribution in [2.24, 2.45) is 0 Å². The van der Waals surface area contributed by atoms with E-state index in [0.717, 1.165) is 5.56 Å². The molecule has 1 unspecified atom stereocenters. The van der Waals surface area contributed by atoms with Crippen molar-refractivity contribution in [1.29, 1.82) is 0 Å². The molecule has 0 aliphatic carbocycles. The molecule has 1 heterocycles. The van der Waals surface area contributed by atoms with Crippen molar-refractivity contribution in [1.82, 2.24) is 15.5 Å². The van der Waals surface area contributed by atoms with Gasteiger partial charge >= 0.3 is 0 Å². The van der Waals surface area contributed by atoms with Crippen LogP contribution in [0.1, 0.15) is 5.56 Å². The number of carbonyl (C=O) groups excluding carboxylic acids is 2. The second-order valence-corrected chi connectivity index (χ2v) is 4.91. The number of ether oxygens (including phenoxy) is 1. The maximum atomic E-state index is 12.5. The number of methoxy groups -OCH3 is 1. The molecule has 6 nitrogen and oxygen atoms in total. The van der Waals surface area contributed by atoms with E-state index in [1.54, 1.807) is 19.1 Å². The van der Waals surface area contributed by atoms with Gasteiger partial charge in [0.25, 0.3) is 0 Å². The average Bonchev–Trinajstić information content (AvgIpc) is 2.54. The minimum Gasteiger partial charge on any atom is -0.496 e. The molecule has 21 heavy (non-hydrogen) atoms. The molecular weight excluding hydrogens is 270 g/mol. The van der Waals surface area contributed by atoms with E-state index in [4.69, 9.17) is 4.74 Å². The van der Waals surface area contributed by atoms with Crippen LogP contribution in [-0.4, -0.2) is 56.5 Å². The van der Waals surface area contributed by atoms with Crippen LogP contribution in [0.3, 0.4) is 0 Å². The number of nitrogens with zero attached hydrogens (tertiary/aromatic N) is 1. The van der Waals surface area contributed by atoms with E-state index < -0.39 is 6.04 Å². The quantitative estimate of drug-likeness (QED) is 0.805. The lowest BCUT2D eigenvalue weighted by molar-refractivity contribution is -0.140. The SMILES string of the molecule is CNC(=O)C1CNCCN1C(=O)Cc1ccccc1OC. The molecule has 1 fully saturated rings. The van der Waals surface area contributed by atoms with Crippen molar-refractivity contribution >= 4 is 11.8 Å². The largest absolute Gasteiger partial charge is 0.496 e. The minimum atomic E-state index is -0.453. The molecule has 2 amide bonds. The number of para-hydroxylation sites is 1.